The number of ether oxygens (including phenoxy) is 2. The molecule has 1 aliphatic heterocycles. The summed E-state index contributed by atoms with van der Waals surface area (Å²) < 4.78 is 10.8. The van der Waals surface area contributed by atoms with Crippen LogP contribution in [0.1, 0.15) is 39.2 Å². The topological polar surface area (TPSA) is 68.7 Å². The van der Waals surface area contributed by atoms with Crippen molar-refractivity contribution in [3.05, 3.63) is 82.8 Å². The van der Waals surface area contributed by atoms with Crippen LogP contribution >= 0.6 is 0 Å². The molecule has 0 radical (unpaired) electrons. The smallest absolute Gasteiger partial charge is 0.336 e. The van der Waals surface area contributed by atoms with Crippen LogP contribution in [0.25, 0.3) is 0 Å². The summed E-state index contributed by atoms with van der Waals surface area (Å²) in [7, 11) is 0. The number of anilines is 1. The number of aromatic nitrogens is 1. The van der Waals surface area contributed by atoms with Gasteiger partial charge < -0.3 is 14.4 Å². The molecule has 1 aromatic carbocycles. The molecule has 0 fully saturated rings. The molecule has 2 heterocycles. The molecular weight excluding hydrogens is 380 g/mol. The summed E-state index contributed by atoms with van der Waals surface area (Å²) in [5.41, 5.74) is 2.98. The zero-order chi connectivity index (χ0) is 21.7. The highest BCUT2D eigenvalue weighted by atomic mass is 16.5. The van der Waals surface area contributed by atoms with Gasteiger partial charge in [0.25, 0.3) is 0 Å². The number of nitrogens with zero attached hydrogens (tertiary/aromatic N) is 2. The van der Waals surface area contributed by atoms with Gasteiger partial charge in [0.2, 0.25) is 0 Å². The summed E-state index contributed by atoms with van der Waals surface area (Å²) in [4.78, 5) is 32.5. The molecule has 1 aromatic heterocycles. The fourth-order valence-electron chi connectivity index (χ4n) is 3.81. The number of carbonyl (C=O) groups is 2. The third-order valence-corrected chi connectivity index (χ3v) is 5.03. The molecule has 3 rings (SSSR count). The van der Waals surface area contributed by atoms with Gasteiger partial charge in [-0.3, -0.25) is 0 Å². The Labute approximate surface area is 176 Å². The molecule has 6 heteroatoms. The molecule has 156 valence electrons. The van der Waals surface area contributed by atoms with Crippen molar-refractivity contribution < 1.29 is 19.1 Å². The summed E-state index contributed by atoms with van der Waals surface area (Å²) in [5, 5.41) is 0. The number of allylic oxidation sites excluding steroid dienone is 2. The van der Waals surface area contributed by atoms with Gasteiger partial charge in [-0.25, -0.2) is 14.6 Å². The Morgan fingerprint density at radius 2 is 1.40 bits per heavy atom. The second-order valence-corrected chi connectivity index (χ2v) is 6.81. The summed E-state index contributed by atoms with van der Waals surface area (Å²) in [6.45, 7) is 7.69. The first-order valence-electron chi connectivity index (χ1n) is 10.0. The third-order valence-electron chi connectivity index (χ3n) is 5.03. The van der Waals surface area contributed by atoms with Crippen molar-refractivity contribution in [2.24, 2.45) is 0 Å². The van der Waals surface area contributed by atoms with Gasteiger partial charge in [0.05, 0.1) is 30.3 Å². The van der Waals surface area contributed by atoms with Crippen molar-refractivity contribution in [2.75, 3.05) is 18.1 Å². The van der Waals surface area contributed by atoms with E-state index in [4.69, 9.17) is 9.47 Å². The van der Waals surface area contributed by atoms with Gasteiger partial charge in [0.15, 0.2) is 0 Å². The fourth-order valence-corrected chi connectivity index (χ4v) is 3.81. The predicted molar refractivity (Wildman–Crippen MR) is 115 cm³/mol. The van der Waals surface area contributed by atoms with E-state index >= 15 is 0 Å². The van der Waals surface area contributed by atoms with Crippen LogP contribution in [0.4, 0.5) is 5.82 Å². The maximum atomic E-state index is 13.1. The number of esters is 2. The van der Waals surface area contributed by atoms with Gasteiger partial charge in [-0.2, -0.15) is 0 Å². The first-order valence-corrected chi connectivity index (χ1v) is 10.0. The largest absolute Gasteiger partial charge is 0.463 e. The van der Waals surface area contributed by atoms with E-state index in [9.17, 15) is 9.59 Å². The second kappa shape index (κ2) is 9.39. The number of benzene rings is 1. The van der Waals surface area contributed by atoms with E-state index in [-0.39, 0.29) is 13.2 Å². The fraction of sp³-hybridized carbons (Fsp3) is 0.292. The van der Waals surface area contributed by atoms with E-state index in [0.29, 0.717) is 28.4 Å². The first-order chi connectivity index (χ1) is 14.5. The van der Waals surface area contributed by atoms with Crippen molar-refractivity contribution in [1.82, 2.24) is 4.98 Å². The molecule has 0 saturated carbocycles. The lowest BCUT2D eigenvalue weighted by molar-refractivity contribution is -0.139. The number of hydrogen-bond donors (Lipinski definition) is 0. The van der Waals surface area contributed by atoms with E-state index in [2.05, 4.69) is 4.98 Å². The summed E-state index contributed by atoms with van der Waals surface area (Å²) in [5.74, 6) is -0.898. The van der Waals surface area contributed by atoms with E-state index in [1.807, 2.05) is 67.3 Å². The highest BCUT2D eigenvalue weighted by Gasteiger charge is 2.41. The maximum absolute atomic E-state index is 13.1. The van der Waals surface area contributed by atoms with Crippen LogP contribution in [0.5, 0.6) is 0 Å². The minimum atomic E-state index is -0.593. The van der Waals surface area contributed by atoms with Crippen LogP contribution in [0.15, 0.2) is 77.3 Å². The van der Waals surface area contributed by atoms with Crippen molar-refractivity contribution >= 4 is 17.8 Å². The Balaban J connectivity index is 2.30. The van der Waals surface area contributed by atoms with E-state index in [1.165, 1.54) is 0 Å². The van der Waals surface area contributed by atoms with Crippen molar-refractivity contribution in [1.29, 1.82) is 0 Å². The Hall–Kier alpha value is -3.41. The average molecular weight is 406 g/mol. The SMILES string of the molecule is CCOC(=O)C1=C(C)N(c2ccccn2)C(C)=C(C(=O)OCC)C1c1ccccc1. The standard InChI is InChI=1S/C24H26N2O4/c1-5-29-23(27)20-16(3)26(19-14-10-11-15-25-19)17(4)21(24(28)30-6-2)22(20)18-12-8-7-9-13-18/h7-15,22H,5-6H2,1-4H3. The molecule has 0 spiro atoms. The number of pyridine rings is 1. The molecule has 0 atom stereocenters. The van der Waals surface area contributed by atoms with E-state index in [0.717, 1.165) is 5.56 Å². The molecule has 1 aliphatic rings. The van der Waals surface area contributed by atoms with Crippen LogP contribution in [0.3, 0.4) is 0 Å². The zero-order valence-electron chi connectivity index (χ0n) is 17.7. The van der Waals surface area contributed by atoms with Crippen LogP contribution in [0, 0.1) is 0 Å². The van der Waals surface area contributed by atoms with Crippen molar-refractivity contribution in [3.8, 4) is 0 Å². The quantitative estimate of drug-likeness (QED) is 0.664. The van der Waals surface area contributed by atoms with Gasteiger partial charge in [0, 0.05) is 17.6 Å². The molecule has 0 N–H and O–H groups in total. The zero-order valence-corrected chi connectivity index (χ0v) is 17.7. The number of rotatable bonds is 6. The summed E-state index contributed by atoms with van der Waals surface area (Å²) in [6, 6.07) is 15.0. The molecule has 0 bridgehead atoms. The minimum Gasteiger partial charge on any atom is -0.463 e. The van der Waals surface area contributed by atoms with Crippen LogP contribution in [0.2, 0.25) is 0 Å². The van der Waals surface area contributed by atoms with Gasteiger partial charge in [-0.15, -0.1) is 0 Å². The molecular formula is C24H26N2O4. The third kappa shape index (κ3) is 3.99. The second-order valence-electron chi connectivity index (χ2n) is 6.81. The monoisotopic (exact) mass is 406 g/mol. The molecule has 0 amide bonds. The van der Waals surface area contributed by atoms with E-state index < -0.39 is 17.9 Å². The van der Waals surface area contributed by atoms with Gasteiger partial charge >= 0.3 is 11.9 Å². The van der Waals surface area contributed by atoms with Crippen molar-refractivity contribution in [3.63, 3.8) is 0 Å². The molecule has 0 saturated heterocycles. The minimum absolute atomic E-state index is 0.234. The van der Waals surface area contributed by atoms with Gasteiger partial charge in [-0.05, 0) is 45.4 Å². The lowest BCUT2D eigenvalue weighted by atomic mass is 9.79. The molecule has 2 aromatic rings. The maximum Gasteiger partial charge on any atom is 0.336 e. The van der Waals surface area contributed by atoms with Crippen molar-refractivity contribution in [2.45, 2.75) is 33.6 Å². The number of carbonyl (C=O) groups excluding carboxylic acids is 2. The van der Waals surface area contributed by atoms with E-state index in [1.54, 1.807) is 20.0 Å². The van der Waals surface area contributed by atoms with Crippen LogP contribution in [-0.2, 0) is 19.1 Å². The lowest BCUT2D eigenvalue weighted by Crippen LogP contribution is -2.35. The highest BCUT2D eigenvalue weighted by Crippen LogP contribution is 2.44. The molecule has 6 nitrogen and oxygen atoms in total. The molecule has 0 aliphatic carbocycles. The van der Waals surface area contributed by atoms with Crippen LogP contribution < -0.4 is 4.90 Å². The van der Waals surface area contributed by atoms with Crippen LogP contribution in [-0.4, -0.2) is 30.1 Å². The predicted octanol–water partition coefficient (Wildman–Crippen LogP) is 4.36. The Kier molecular flexibility index (Phi) is 6.67. The number of hydrogen-bond acceptors (Lipinski definition) is 6. The first kappa shape index (κ1) is 21.3. The Bertz CT molecular complexity index is 939. The van der Waals surface area contributed by atoms with Gasteiger partial charge in [-0.1, -0.05) is 36.4 Å². The average Bonchev–Trinajstić information content (AvgIpc) is 2.75. The Morgan fingerprint density at radius 1 is 0.867 bits per heavy atom. The van der Waals surface area contributed by atoms with Gasteiger partial charge in [0.1, 0.15) is 5.82 Å². The summed E-state index contributed by atoms with van der Waals surface area (Å²) >= 11 is 0. The normalized spacial score (nSPS) is 14.7. The molecule has 30 heavy (non-hydrogen) atoms. The Morgan fingerprint density at radius 3 is 1.87 bits per heavy atom. The summed E-state index contributed by atoms with van der Waals surface area (Å²) in [6.07, 6.45) is 1.67. The highest BCUT2D eigenvalue weighted by molar-refractivity contribution is 6.01. The lowest BCUT2D eigenvalue weighted by Gasteiger charge is -2.37. The molecule has 0 unspecified atom stereocenters.